The van der Waals surface area contributed by atoms with E-state index in [1.807, 2.05) is 6.92 Å². The fourth-order valence-corrected chi connectivity index (χ4v) is 2.38. The maximum Gasteiger partial charge on any atom is 0.269 e. The normalized spacial score (nSPS) is 19.2. The first-order valence-electron chi connectivity index (χ1n) is 6.86. The van der Waals surface area contributed by atoms with Gasteiger partial charge in [0.05, 0.1) is 17.0 Å². The maximum absolute atomic E-state index is 12.1. The molecule has 0 radical (unpaired) electrons. The molecule has 1 saturated heterocycles. The van der Waals surface area contributed by atoms with Crippen LogP contribution in [0.4, 0.5) is 5.69 Å². The number of rotatable bonds is 4. The summed E-state index contributed by atoms with van der Waals surface area (Å²) >= 11 is 0. The molecule has 0 aliphatic carbocycles. The maximum atomic E-state index is 12.1. The monoisotopic (exact) mass is 313 g/mol. The second-order valence-corrected chi connectivity index (χ2v) is 5.08. The van der Waals surface area contributed by atoms with Crippen LogP contribution < -0.4 is 10.6 Å². The Kier molecular flexibility index (Phi) is 6.58. The molecule has 116 valence electrons. The summed E-state index contributed by atoms with van der Waals surface area (Å²) in [5.74, 6) is -0.0382. The number of carbonyl (C=O) groups is 1. The highest BCUT2D eigenvalue weighted by Gasteiger charge is 2.22. The Morgan fingerprint density at radius 3 is 2.86 bits per heavy atom. The van der Waals surface area contributed by atoms with E-state index in [9.17, 15) is 14.9 Å². The van der Waals surface area contributed by atoms with Gasteiger partial charge < -0.3 is 10.6 Å². The van der Waals surface area contributed by atoms with E-state index in [4.69, 9.17) is 0 Å². The Bertz CT molecular complexity index is 504. The van der Waals surface area contributed by atoms with Crippen LogP contribution in [-0.4, -0.2) is 23.4 Å². The van der Waals surface area contributed by atoms with Crippen LogP contribution in [0.3, 0.4) is 0 Å². The summed E-state index contributed by atoms with van der Waals surface area (Å²) in [4.78, 5) is 22.4. The van der Waals surface area contributed by atoms with E-state index >= 15 is 0 Å². The number of amides is 1. The van der Waals surface area contributed by atoms with Gasteiger partial charge in [-0.3, -0.25) is 14.9 Å². The van der Waals surface area contributed by atoms with Crippen LogP contribution >= 0.6 is 12.4 Å². The number of benzene rings is 1. The van der Waals surface area contributed by atoms with Gasteiger partial charge in [-0.25, -0.2) is 0 Å². The highest BCUT2D eigenvalue weighted by Crippen LogP contribution is 2.19. The highest BCUT2D eigenvalue weighted by atomic mass is 35.5. The molecule has 1 fully saturated rings. The van der Waals surface area contributed by atoms with E-state index in [0.29, 0.717) is 0 Å². The fraction of sp³-hybridized carbons (Fsp3) is 0.500. The highest BCUT2D eigenvalue weighted by molar-refractivity contribution is 5.85. The van der Waals surface area contributed by atoms with Crippen molar-refractivity contribution in [3.8, 4) is 0 Å². The molecule has 21 heavy (non-hydrogen) atoms. The molecular weight excluding hydrogens is 294 g/mol. The molecule has 2 N–H and O–H groups in total. The Labute approximate surface area is 129 Å². The fourth-order valence-electron chi connectivity index (χ4n) is 2.38. The van der Waals surface area contributed by atoms with Crippen LogP contribution in [0.5, 0.6) is 0 Å². The number of nitrogens with one attached hydrogen (secondary N) is 2. The molecule has 6 nitrogen and oxygen atoms in total. The summed E-state index contributed by atoms with van der Waals surface area (Å²) < 4.78 is 0. The quantitative estimate of drug-likeness (QED) is 0.660. The Balaban J connectivity index is 0.00000220. The van der Waals surface area contributed by atoms with Gasteiger partial charge in [0.1, 0.15) is 0 Å². The van der Waals surface area contributed by atoms with Gasteiger partial charge >= 0.3 is 0 Å². The molecular formula is C14H20ClN3O3. The van der Waals surface area contributed by atoms with Crippen LogP contribution in [0.25, 0.3) is 0 Å². The smallest absolute Gasteiger partial charge is 0.269 e. The third-order valence-electron chi connectivity index (χ3n) is 3.57. The van der Waals surface area contributed by atoms with E-state index in [0.717, 1.165) is 31.4 Å². The van der Waals surface area contributed by atoms with Crippen molar-refractivity contribution in [2.75, 3.05) is 6.54 Å². The second kappa shape index (κ2) is 7.95. The van der Waals surface area contributed by atoms with Crippen molar-refractivity contribution >= 4 is 24.0 Å². The average molecular weight is 314 g/mol. The molecule has 0 bridgehead atoms. The van der Waals surface area contributed by atoms with Crippen LogP contribution in [-0.2, 0) is 4.79 Å². The summed E-state index contributed by atoms with van der Waals surface area (Å²) in [5, 5.41) is 16.8. The number of carbonyl (C=O) groups excluding carboxylic acids is 1. The SMILES string of the molecule is CC(NC(=O)C1CCCCN1)c1cccc([N+](=O)[O-])c1.Cl. The molecule has 0 aromatic heterocycles. The predicted octanol–water partition coefficient (Wildman–Crippen LogP) is 2.34. The summed E-state index contributed by atoms with van der Waals surface area (Å²) in [5.41, 5.74) is 0.780. The molecule has 1 aliphatic heterocycles. The molecule has 2 atom stereocenters. The van der Waals surface area contributed by atoms with Crippen LogP contribution in [0.15, 0.2) is 24.3 Å². The van der Waals surface area contributed by atoms with E-state index in [-0.39, 0.29) is 36.1 Å². The lowest BCUT2D eigenvalue weighted by Gasteiger charge is -2.24. The minimum absolute atomic E-state index is 0. The van der Waals surface area contributed by atoms with Gasteiger partial charge in [0.15, 0.2) is 0 Å². The van der Waals surface area contributed by atoms with E-state index in [2.05, 4.69) is 10.6 Å². The van der Waals surface area contributed by atoms with Gasteiger partial charge in [-0.1, -0.05) is 18.6 Å². The van der Waals surface area contributed by atoms with E-state index in [1.165, 1.54) is 12.1 Å². The number of nitro groups is 1. The number of nitro benzene ring substituents is 1. The van der Waals surface area contributed by atoms with Gasteiger partial charge in [-0.05, 0) is 31.9 Å². The van der Waals surface area contributed by atoms with Crippen molar-refractivity contribution in [2.45, 2.75) is 38.3 Å². The first-order chi connectivity index (χ1) is 9.58. The zero-order chi connectivity index (χ0) is 14.5. The van der Waals surface area contributed by atoms with Crippen molar-refractivity contribution in [3.63, 3.8) is 0 Å². The van der Waals surface area contributed by atoms with Gasteiger partial charge in [-0.15, -0.1) is 12.4 Å². The largest absolute Gasteiger partial charge is 0.348 e. The molecule has 1 aromatic carbocycles. The first-order valence-corrected chi connectivity index (χ1v) is 6.86. The van der Waals surface area contributed by atoms with Crippen LogP contribution in [0.1, 0.15) is 37.8 Å². The molecule has 2 rings (SSSR count). The lowest BCUT2D eigenvalue weighted by Crippen LogP contribution is -2.47. The third kappa shape index (κ3) is 4.68. The first kappa shape index (κ1) is 17.4. The van der Waals surface area contributed by atoms with Crippen LogP contribution in [0, 0.1) is 10.1 Å². The molecule has 7 heteroatoms. The number of non-ortho nitro benzene ring substituents is 1. The molecule has 1 heterocycles. The Hall–Kier alpha value is -1.66. The average Bonchev–Trinajstić information content (AvgIpc) is 2.48. The topological polar surface area (TPSA) is 84.3 Å². The third-order valence-corrected chi connectivity index (χ3v) is 3.57. The van der Waals surface area contributed by atoms with Gasteiger partial charge in [-0.2, -0.15) is 0 Å². The number of piperidine rings is 1. The standard InChI is InChI=1S/C14H19N3O3.ClH/c1-10(11-5-4-6-12(9-11)17(19)20)16-14(18)13-7-2-3-8-15-13;/h4-6,9-10,13,15H,2-3,7-8H2,1H3,(H,16,18);1H. The van der Waals surface area contributed by atoms with Crippen LogP contribution in [0.2, 0.25) is 0 Å². The van der Waals surface area contributed by atoms with Crippen molar-refractivity contribution in [3.05, 3.63) is 39.9 Å². The minimum Gasteiger partial charge on any atom is -0.348 e. The van der Waals surface area contributed by atoms with Crippen molar-refractivity contribution < 1.29 is 9.72 Å². The number of halogens is 1. The molecule has 0 spiro atoms. The number of hydrogen-bond donors (Lipinski definition) is 2. The van der Waals surface area contributed by atoms with Gasteiger partial charge in [0.2, 0.25) is 5.91 Å². The number of hydrogen-bond acceptors (Lipinski definition) is 4. The van der Waals surface area contributed by atoms with Crippen molar-refractivity contribution in [1.82, 2.24) is 10.6 Å². The van der Waals surface area contributed by atoms with Crippen molar-refractivity contribution in [1.29, 1.82) is 0 Å². The summed E-state index contributed by atoms with van der Waals surface area (Å²) in [6.07, 6.45) is 2.99. The summed E-state index contributed by atoms with van der Waals surface area (Å²) in [6, 6.07) is 5.97. The van der Waals surface area contributed by atoms with E-state index in [1.54, 1.807) is 12.1 Å². The Morgan fingerprint density at radius 2 is 2.24 bits per heavy atom. The predicted molar refractivity (Wildman–Crippen MR) is 82.5 cm³/mol. The lowest BCUT2D eigenvalue weighted by molar-refractivity contribution is -0.384. The van der Waals surface area contributed by atoms with Crippen molar-refractivity contribution in [2.24, 2.45) is 0 Å². The van der Waals surface area contributed by atoms with Gasteiger partial charge in [0.25, 0.3) is 5.69 Å². The molecule has 1 amide bonds. The molecule has 1 aliphatic rings. The number of nitrogens with zero attached hydrogens (tertiary/aromatic N) is 1. The molecule has 0 saturated carbocycles. The minimum atomic E-state index is -0.430. The second-order valence-electron chi connectivity index (χ2n) is 5.08. The zero-order valence-corrected chi connectivity index (χ0v) is 12.7. The molecule has 1 aromatic rings. The Morgan fingerprint density at radius 1 is 1.48 bits per heavy atom. The zero-order valence-electron chi connectivity index (χ0n) is 11.9. The summed E-state index contributed by atoms with van der Waals surface area (Å²) in [6.45, 7) is 2.70. The lowest BCUT2D eigenvalue weighted by atomic mass is 10.0. The molecule has 2 unspecified atom stereocenters. The summed E-state index contributed by atoms with van der Waals surface area (Å²) in [7, 11) is 0. The van der Waals surface area contributed by atoms with E-state index < -0.39 is 4.92 Å². The van der Waals surface area contributed by atoms with Gasteiger partial charge in [0, 0.05) is 12.1 Å².